The smallest absolute Gasteiger partial charge is 0.267 e. The molecule has 4 aromatic rings. The molecule has 1 aliphatic rings. The van der Waals surface area contributed by atoms with E-state index in [0.717, 1.165) is 31.9 Å². The quantitative estimate of drug-likeness (QED) is 0.344. The van der Waals surface area contributed by atoms with E-state index in [4.69, 9.17) is 21.1 Å². The van der Waals surface area contributed by atoms with E-state index in [1.54, 1.807) is 31.3 Å². The molecule has 2 aromatic heterocycles. The molecule has 0 bridgehead atoms. The van der Waals surface area contributed by atoms with Crippen molar-refractivity contribution < 1.29 is 17.9 Å². The number of ether oxygens (including phenoxy) is 2. The fraction of sp³-hybridized carbons (Fsp3) is 0.208. The predicted octanol–water partition coefficient (Wildman–Crippen LogP) is 3.66. The molecule has 0 saturated carbocycles. The molecular formula is C24H24ClN7O4S. The van der Waals surface area contributed by atoms with Crippen LogP contribution in [0.3, 0.4) is 0 Å². The average molecular weight is 542 g/mol. The van der Waals surface area contributed by atoms with Gasteiger partial charge >= 0.3 is 0 Å². The maximum absolute atomic E-state index is 12.8. The average Bonchev–Trinajstić information content (AvgIpc) is 3.33. The van der Waals surface area contributed by atoms with Crippen LogP contribution >= 0.6 is 11.6 Å². The van der Waals surface area contributed by atoms with Crippen LogP contribution in [0.2, 0.25) is 5.02 Å². The van der Waals surface area contributed by atoms with Crippen LogP contribution in [0.5, 0.6) is 23.3 Å². The SMILES string of the molecule is Cn1cc(S(=O)(=O)Nc2nc(Oc3ccc(N4CCNCC4)cc3)cc(Oc3ccccc3Cl)n2)cn1. The van der Waals surface area contributed by atoms with Crippen LogP contribution in [0.4, 0.5) is 11.6 Å². The maximum Gasteiger partial charge on any atom is 0.267 e. The number of rotatable bonds is 8. The number of nitrogens with one attached hydrogen (secondary N) is 2. The number of sulfonamides is 1. The minimum Gasteiger partial charge on any atom is -0.439 e. The van der Waals surface area contributed by atoms with Crippen LogP contribution in [0, 0.1) is 0 Å². The minimum absolute atomic E-state index is 0.0398. The summed E-state index contributed by atoms with van der Waals surface area (Å²) in [6.45, 7) is 3.72. The van der Waals surface area contributed by atoms with Crippen molar-refractivity contribution in [2.24, 2.45) is 7.05 Å². The second-order valence-electron chi connectivity index (χ2n) is 8.19. The number of aryl methyl sites for hydroxylation is 1. The van der Waals surface area contributed by atoms with Crippen LogP contribution < -0.4 is 24.4 Å². The Hall–Kier alpha value is -3.87. The van der Waals surface area contributed by atoms with Crippen molar-refractivity contribution in [2.45, 2.75) is 4.90 Å². The summed E-state index contributed by atoms with van der Waals surface area (Å²) in [6.07, 6.45) is 2.59. The monoisotopic (exact) mass is 541 g/mol. The Balaban J connectivity index is 1.42. The van der Waals surface area contributed by atoms with Gasteiger partial charge in [0.05, 0.1) is 17.3 Å². The molecule has 0 unspecified atom stereocenters. The second kappa shape index (κ2) is 10.6. The van der Waals surface area contributed by atoms with Crippen LogP contribution in [0.25, 0.3) is 0 Å². The number of hydrogen-bond donors (Lipinski definition) is 2. The molecular weight excluding hydrogens is 518 g/mol. The van der Waals surface area contributed by atoms with E-state index in [0.29, 0.717) is 16.5 Å². The Morgan fingerprint density at radius 3 is 2.38 bits per heavy atom. The van der Waals surface area contributed by atoms with E-state index in [2.05, 4.69) is 30.0 Å². The lowest BCUT2D eigenvalue weighted by atomic mass is 10.2. The number of nitrogens with zero attached hydrogens (tertiary/aromatic N) is 5. The minimum atomic E-state index is -4.00. The zero-order valence-corrected chi connectivity index (χ0v) is 21.4. The highest BCUT2D eigenvalue weighted by Gasteiger charge is 2.20. The van der Waals surface area contributed by atoms with Gasteiger partial charge in [0.1, 0.15) is 16.4 Å². The lowest BCUT2D eigenvalue weighted by molar-refractivity contribution is 0.435. The Morgan fingerprint density at radius 2 is 1.70 bits per heavy atom. The molecule has 11 nitrogen and oxygen atoms in total. The second-order valence-corrected chi connectivity index (χ2v) is 10.3. The molecule has 0 aliphatic carbocycles. The van der Waals surface area contributed by atoms with E-state index >= 15 is 0 Å². The van der Waals surface area contributed by atoms with E-state index in [-0.39, 0.29) is 22.6 Å². The van der Waals surface area contributed by atoms with Crippen LogP contribution in [-0.4, -0.2) is 54.3 Å². The molecule has 0 atom stereocenters. The van der Waals surface area contributed by atoms with Gasteiger partial charge in [-0.15, -0.1) is 0 Å². The molecule has 1 fully saturated rings. The molecule has 1 aliphatic heterocycles. The fourth-order valence-electron chi connectivity index (χ4n) is 3.68. The summed E-state index contributed by atoms with van der Waals surface area (Å²) in [6, 6.07) is 15.9. The van der Waals surface area contributed by atoms with Gasteiger partial charge in [-0.2, -0.15) is 15.1 Å². The number of anilines is 2. The summed E-state index contributed by atoms with van der Waals surface area (Å²) in [7, 11) is -2.39. The van der Waals surface area contributed by atoms with E-state index in [1.807, 2.05) is 24.3 Å². The van der Waals surface area contributed by atoms with Crippen molar-refractivity contribution in [3.05, 3.63) is 72.0 Å². The van der Waals surface area contributed by atoms with Gasteiger partial charge < -0.3 is 19.7 Å². The maximum atomic E-state index is 12.8. The first-order chi connectivity index (χ1) is 17.9. The van der Waals surface area contributed by atoms with Crippen molar-refractivity contribution in [3.8, 4) is 23.3 Å². The molecule has 3 heterocycles. The standard InChI is InChI=1S/C24H24ClN7O4S/c1-31-16-19(15-27-31)37(33,34)30-24-28-22(14-23(29-24)36-21-5-3-2-4-20(21)25)35-18-8-6-17(7-9-18)32-12-10-26-11-13-32/h2-9,14-16,26H,10-13H2,1H3,(H,28,29,30). The molecule has 192 valence electrons. The van der Waals surface area contributed by atoms with Gasteiger partial charge in [-0.3, -0.25) is 4.68 Å². The summed E-state index contributed by atoms with van der Waals surface area (Å²) >= 11 is 6.22. The molecule has 1 saturated heterocycles. The molecule has 0 amide bonds. The highest BCUT2D eigenvalue weighted by molar-refractivity contribution is 7.92. The lowest BCUT2D eigenvalue weighted by Crippen LogP contribution is -2.43. The molecule has 0 spiro atoms. The first kappa shape index (κ1) is 24.8. The Bertz CT molecular complexity index is 1490. The highest BCUT2D eigenvalue weighted by atomic mass is 35.5. The molecule has 37 heavy (non-hydrogen) atoms. The fourth-order valence-corrected chi connectivity index (χ4v) is 4.78. The lowest BCUT2D eigenvalue weighted by Gasteiger charge is -2.29. The third-order valence-electron chi connectivity index (χ3n) is 5.49. The number of benzene rings is 2. The molecule has 2 N–H and O–H groups in total. The van der Waals surface area contributed by atoms with Gasteiger partial charge in [0.15, 0.2) is 0 Å². The molecule has 2 aromatic carbocycles. The van der Waals surface area contributed by atoms with E-state index in [1.165, 1.54) is 23.1 Å². The molecule has 0 radical (unpaired) electrons. The summed E-state index contributed by atoms with van der Waals surface area (Å²) in [4.78, 5) is 10.7. The van der Waals surface area contributed by atoms with Gasteiger partial charge in [0.25, 0.3) is 10.0 Å². The zero-order chi connectivity index (χ0) is 25.8. The Labute approximate surface area is 219 Å². The third kappa shape index (κ3) is 6.10. The van der Waals surface area contributed by atoms with Gasteiger partial charge in [-0.25, -0.2) is 13.1 Å². The first-order valence-corrected chi connectivity index (χ1v) is 13.3. The summed E-state index contributed by atoms with van der Waals surface area (Å²) in [5.41, 5.74) is 1.09. The van der Waals surface area contributed by atoms with E-state index < -0.39 is 10.0 Å². The summed E-state index contributed by atoms with van der Waals surface area (Å²) in [5, 5.41) is 7.61. The van der Waals surface area contributed by atoms with Crippen molar-refractivity contribution in [3.63, 3.8) is 0 Å². The number of halogens is 1. The summed E-state index contributed by atoms with van der Waals surface area (Å²) < 4.78 is 41.2. The van der Waals surface area contributed by atoms with Crippen LogP contribution in [-0.2, 0) is 17.1 Å². The number of hydrogen-bond acceptors (Lipinski definition) is 9. The molecule has 13 heteroatoms. The number of para-hydroxylation sites is 1. The number of piperazine rings is 1. The highest BCUT2D eigenvalue weighted by Crippen LogP contribution is 2.32. The Kier molecular flexibility index (Phi) is 7.12. The van der Waals surface area contributed by atoms with Gasteiger partial charge in [0, 0.05) is 45.1 Å². The van der Waals surface area contributed by atoms with Crippen molar-refractivity contribution in [1.29, 1.82) is 0 Å². The van der Waals surface area contributed by atoms with Crippen molar-refractivity contribution >= 4 is 33.3 Å². The largest absolute Gasteiger partial charge is 0.439 e. The van der Waals surface area contributed by atoms with Crippen LogP contribution in [0.15, 0.2) is 71.9 Å². The van der Waals surface area contributed by atoms with E-state index in [9.17, 15) is 8.42 Å². The zero-order valence-electron chi connectivity index (χ0n) is 19.8. The topological polar surface area (TPSA) is 124 Å². The normalized spacial score (nSPS) is 13.8. The van der Waals surface area contributed by atoms with Crippen molar-refractivity contribution in [1.82, 2.24) is 25.1 Å². The first-order valence-electron chi connectivity index (χ1n) is 11.4. The van der Waals surface area contributed by atoms with Gasteiger partial charge in [-0.1, -0.05) is 23.7 Å². The number of aromatic nitrogens is 4. The van der Waals surface area contributed by atoms with Crippen molar-refractivity contribution in [2.75, 3.05) is 35.8 Å². The molecule has 5 rings (SSSR count). The third-order valence-corrected chi connectivity index (χ3v) is 7.08. The Morgan fingerprint density at radius 1 is 1.00 bits per heavy atom. The van der Waals surface area contributed by atoms with Gasteiger partial charge in [0.2, 0.25) is 17.7 Å². The summed E-state index contributed by atoms with van der Waals surface area (Å²) in [5.74, 6) is 0.744. The van der Waals surface area contributed by atoms with Crippen LogP contribution in [0.1, 0.15) is 0 Å². The van der Waals surface area contributed by atoms with Gasteiger partial charge in [-0.05, 0) is 36.4 Å². The predicted molar refractivity (Wildman–Crippen MR) is 139 cm³/mol.